The molecule has 0 spiro atoms. The third-order valence-electron chi connectivity index (χ3n) is 7.30. The Labute approximate surface area is 221 Å². The number of hydrogen-bond acceptors (Lipinski definition) is 6. The molecule has 2 aliphatic heterocycles. The lowest BCUT2D eigenvalue weighted by Gasteiger charge is -2.33. The van der Waals surface area contributed by atoms with E-state index in [9.17, 15) is 14.4 Å². The molecule has 0 saturated carbocycles. The minimum atomic E-state index is -1.12. The number of nitrogens with two attached hydrogens (primary N) is 2. The van der Waals surface area contributed by atoms with E-state index in [2.05, 4.69) is 21.3 Å². The van der Waals surface area contributed by atoms with Crippen LogP contribution in [0.1, 0.15) is 23.1 Å². The van der Waals surface area contributed by atoms with Crippen molar-refractivity contribution in [3.63, 3.8) is 0 Å². The number of anilines is 1. The Morgan fingerprint density at radius 3 is 1.61 bits per heavy atom. The number of hydrogen-bond donors (Lipinski definition) is 6. The van der Waals surface area contributed by atoms with Gasteiger partial charge in [-0.3, -0.25) is 14.4 Å². The summed E-state index contributed by atoms with van der Waals surface area (Å²) in [7, 11) is 0. The summed E-state index contributed by atoms with van der Waals surface area (Å²) >= 11 is 0. The molecule has 3 amide bonds. The Morgan fingerprint density at radius 1 is 0.605 bits per heavy atom. The topological polar surface area (TPSA) is 151 Å². The van der Waals surface area contributed by atoms with Gasteiger partial charge in [0.25, 0.3) is 0 Å². The Kier molecular flexibility index (Phi) is 7.13. The van der Waals surface area contributed by atoms with Crippen LogP contribution >= 0.6 is 0 Å². The molecule has 2 heterocycles. The molecule has 0 bridgehead atoms. The normalized spacial score (nSPS) is 27.1. The van der Waals surface area contributed by atoms with Crippen molar-refractivity contribution in [2.45, 2.75) is 49.1 Å². The second kappa shape index (κ2) is 10.6. The fraction of sp³-hybridized carbons (Fsp3) is 0.276. The van der Waals surface area contributed by atoms with Crippen molar-refractivity contribution >= 4 is 23.4 Å². The van der Waals surface area contributed by atoms with Crippen LogP contribution < -0.4 is 32.7 Å². The van der Waals surface area contributed by atoms with E-state index >= 15 is 0 Å². The van der Waals surface area contributed by atoms with E-state index in [1.165, 1.54) is 0 Å². The highest BCUT2D eigenvalue weighted by molar-refractivity contribution is 5.97. The highest BCUT2D eigenvalue weighted by atomic mass is 16.2. The molecule has 2 aliphatic rings. The van der Waals surface area contributed by atoms with Gasteiger partial charge in [0, 0.05) is 24.9 Å². The number of amides is 3. The van der Waals surface area contributed by atoms with Crippen LogP contribution in [0, 0.1) is 0 Å². The van der Waals surface area contributed by atoms with Crippen LogP contribution in [0.15, 0.2) is 84.9 Å². The van der Waals surface area contributed by atoms with Crippen molar-refractivity contribution in [2.24, 2.45) is 11.5 Å². The number of para-hydroxylation sites is 1. The summed E-state index contributed by atoms with van der Waals surface area (Å²) < 4.78 is 0. The van der Waals surface area contributed by atoms with Crippen molar-refractivity contribution in [1.82, 2.24) is 16.0 Å². The van der Waals surface area contributed by atoms with E-state index in [-0.39, 0.29) is 19.3 Å². The van der Waals surface area contributed by atoms with Crippen LogP contribution in [-0.4, -0.2) is 42.0 Å². The van der Waals surface area contributed by atoms with Crippen molar-refractivity contribution in [3.8, 4) is 0 Å². The zero-order chi connectivity index (χ0) is 26.7. The molecule has 0 unspecified atom stereocenters. The van der Waals surface area contributed by atoms with Gasteiger partial charge < -0.3 is 32.7 Å². The average Bonchev–Trinajstić information content (AvgIpc) is 3.18. The van der Waals surface area contributed by atoms with Gasteiger partial charge in [0.05, 0.1) is 11.7 Å². The Bertz CT molecular complexity index is 1280. The van der Waals surface area contributed by atoms with Gasteiger partial charge in [0.15, 0.2) is 0 Å². The number of carbonyl (C=O) groups excluding carboxylic acids is 3. The number of carbonyl (C=O) groups is 3. The molecule has 3 aromatic carbocycles. The Morgan fingerprint density at radius 2 is 1.05 bits per heavy atom. The smallest absolute Gasteiger partial charge is 0.243 e. The van der Waals surface area contributed by atoms with Gasteiger partial charge in [-0.15, -0.1) is 0 Å². The molecule has 9 heteroatoms. The Hall–Kier alpha value is -4.21. The molecular weight excluding hydrogens is 480 g/mol. The first-order valence-corrected chi connectivity index (χ1v) is 12.7. The van der Waals surface area contributed by atoms with Crippen molar-refractivity contribution in [1.29, 1.82) is 0 Å². The summed E-state index contributed by atoms with van der Waals surface area (Å²) in [5.74, 6) is -1.37. The molecule has 8 N–H and O–H groups in total. The number of fused-ring (bicyclic) bond motifs is 1. The molecule has 0 aromatic heterocycles. The quantitative estimate of drug-likeness (QED) is 0.289. The molecule has 38 heavy (non-hydrogen) atoms. The lowest BCUT2D eigenvalue weighted by molar-refractivity contribution is -0.130. The van der Waals surface area contributed by atoms with Gasteiger partial charge in [-0.1, -0.05) is 78.9 Å². The lowest BCUT2D eigenvalue weighted by Crippen LogP contribution is -2.59. The van der Waals surface area contributed by atoms with E-state index in [1.54, 1.807) is 0 Å². The van der Waals surface area contributed by atoms with Gasteiger partial charge in [-0.25, -0.2) is 0 Å². The third kappa shape index (κ3) is 5.25. The molecular formula is C29H32N6O3. The number of benzene rings is 3. The van der Waals surface area contributed by atoms with E-state index in [0.29, 0.717) is 0 Å². The average molecular weight is 513 g/mol. The third-order valence-corrected chi connectivity index (χ3v) is 7.30. The van der Waals surface area contributed by atoms with Crippen molar-refractivity contribution in [2.75, 3.05) is 5.32 Å². The maximum absolute atomic E-state index is 13.6. The van der Waals surface area contributed by atoms with E-state index in [0.717, 1.165) is 22.4 Å². The molecule has 5 rings (SSSR count). The van der Waals surface area contributed by atoms with Crippen LogP contribution in [0.4, 0.5) is 5.69 Å². The zero-order valence-corrected chi connectivity index (χ0v) is 20.9. The highest BCUT2D eigenvalue weighted by Crippen LogP contribution is 2.38. The fourth-order valence-electron chi connectivity index (χ4n) is 5.20. The molecule has 9 nitrogen and oxygen atoms in total. The maximum atomic E-state index is 13.6. The summed E-state index contributed by atoms with van der Waals surface area (Å²) in [5.41, 5.74) is 15.4. The SMILES string of the molecule is N[C@H]1Nc2ccccc2[C@@]1(N)C[C@H]1NC(=O)[C@@H](Cc2ccccc2)NC(=O)[C@@H](Cc2ccccc2)NC1=O. The largest absolute Gasteiger partial charge is 0.368 e. The molecule has 5 atom stereocenters. The molecule has 196 valence electrons. The zero-order valence-electron chi connectivity index (χ0n) is 20.9. The van der Waals surface area contributed by atoms with Gasteiger partial charge in [0.1, 0.15) is 18.1 Å². The standard InChI is InChI=1S/C29H32N6O3/c30-28-29(31,20-13-7-8-14-21(20)35-28)17-24-27(38)33-22(15-18-9-3-1-4-10-18)25(36)32-23(26(37)34-24)16-19-11-5-2-6-12-19/h1-14,22-24,28,35H,15-17,30-31H2,(H,32,36)(H,33,38)(H,34,37)/t22-,23-,24-,28+,29+/m1/s1. The maximum Gasteiger partial charge on any atom is 0.243 e. The monoisotopic (exact) mass is 512 g/mol. The van der Waals surface area contributed by atoms with Gasteiger partial charge in [-0.2, -0.15) is 0 Å². The van der Waals surface area contributed by atoms with E-state index in [4.69, 9.17) is 11.5 Å². The van der Waals surface area contributed by atoms with E-state index < -0.39 is 47.6 Å². The van der Waals surface area contributed by atoms with Gasteiger partial charge in [0.2, 0.25) is 17.7 Å². The highest BCUT2D eigenvalue weighted by Gasteiger charge is 2.46. The second-order valence-electron chi connectivity index (χ2n) is 9.98. The molecule has 3 aromatic rings. The number of nitrogens with one attached hydrogen (secondary N) is 4. The summed E-state index contributed by atoms with van der Waals surface area (Å²) in [4.78, 5) is 40.5. The van der Waals surface area contributed by atoms with E-state index in [1.807, 2.05) is 84.9 Å². The Balaban J connectivity index is 1.46. The molecule has 0 radical (unpaired) electrons. The molecule has 1 saturated heterocycles. The first-order chi connectivity index (χ1) is 18.3. The minimum Gasteiger partial charge on any atom is -0.368 e. The predicted molar refractivity (Wildman–Crippen MR) is 145 cm³/mol. The summed E-state index contributed by atoms with van der Waals surface area (Å²) in [5, 5.41) is 11.8. The van der Waals surface area contributed by atoms with Crippen molar-refractivity contribution in [3.05, 3.63) is 102 Å². The van der Waals surface area contributed by atoms with Crippen LogP contribution in [0.2, 0.25) is 0 Å². The molecule has 0 aliphatic carbocycles. The lowest BCUT2D eigenvalue weighted by atomic mass is 9.84. The predicted octanol–water partition coefficient (Wildman–Crippen LogP) is 0.894. The van der Waals surface area contributed by atoms with Crippen molar-refractivity contribution < 1.29 is 14.4 Å². The fourth-order valence-corrected chi connectivity index (χ4v) is 5.20. The first-order valence-electron chi connectivity index (χ1n) is 12.7. The van der Waals surface area contributed by atoms with Crippen LogP contribution in [-0.2, 0) is 32.8 Å². The van der Waals surface area contributed by atoms with Gasteiger partial charge >= 0.3 is 0 Å². The van der Waals surface area contributed by atoms with Crippen LogP contribution in [0.5, 0.6) is 0 Å². The molecule has 1 fully saturated rings. The number of rotatable bonds is 6. The summed E-state index contributed by atoms with van der Waals surface area (Å²) in [6, 6.07) is 23.5. The summed E-state index contributed by atoms with van der Waals surface area (Å²) in [6.07, 6.45) is -0.0818. The minimum absolute atomic E-state index is 0.0417. The van der Waals surface area contributed by atoms with Crippen LogP contribution in [0.3, 0.4) is 0 Å². The summed E-state index contributed by atoms with van der Waals surface area (Å²) in [6.45, 7) is 0. The second-order valence-corrected chi connectivity index (χ2v) is 9.98. The van der Waals surface area contributed by atoms with Crippen LogP contribution in [0.25, 0.3) is 0 Å². The van der Waals surface area contributed by atoms with Gasteiger partial charge in [-0.05, 0) is 22.8 Å². The first kappa shape index (κ1) is 25.4.